The summed E-state index contributed by atoms with van der Waals surface area (Å²) >= 11 is 0. The molecule has 1 aromatic carbocycles. The summed E-state index contributed by atoms with van der Waals surface area (Å²) < 4.78 is 4.95. The number of esters is 1. The zero-order valence-corrected chi connectivity index (χ0v) is 11.8. The molecule has 3 nitrogen and oxygen atoms in total. The van der Waals surface area contributed by atoms with Gasteiger partial charge in [-0.25, -0.2) is 0 Å². The third kappa shape index (κ3) is 6.75. The molecule has 0 spiro atoms. The summed E-state index contributed by atoms with van der Waals surface area (Å²) in [5.74, 6) is 0.557. The van der Waals surface area contributed by atoms with Gasteiger partial charge in [0.25, 0.3) is 0 Å². The van der Waals surface area contributed by atoms with E-state index in [1.807, 2.05) is 12.1 Å². The third-order valence-electron chi connectivity index (χ3n) is 2.94. The van der Waals surface area contributed by atoms with Gasteiger partial charge in [-0.1, -0.05) is 31.9 Å². The van der Waals surface area contributed by atoms with Gasteiger partial charge in [-0.3, -0.25) is 9.59 Å². The van der Waals surface area contributed by atoms with Gasteiger partial charge in [-0.2, -0.15) is 0 Å². The molecule has 0 bridgehead atoms. The van der Waals surface area contributed by atoms with E-state index in [0.29, 0.717) is 24.4 Å². The van der Waals surface area contributed by atoms with Gasteiger partial charge in [0.1, 0.15) is 11.5 Å². The van der Waals surface area contributed by atoms with Gasteiger partial charge in [0, 0.05) is 19.8 Å². The Morgan fingerprint density at radius 1 is 1.05 bits per heavy atom. The predicted octanol–water partition coefficient (Wildman–Crippen LogP) is 3.69. The average Bonchev–Trinajstić information content (AvgIpc) is 2.37. The zero-order chi connectivity index (χ0) is 14.1. The summed E-state index contributed by atoms with van der Waals surface area (Å²) in [6, 6.07) is 7.33. The van der Waals surface area contributed by atoms with E-state index in [0.717, 1.165) is 31.2 Å². The van der Waals surface area contributed by atoms with Gasteiger partial charge in [0.15, 0.2) is 0 Å². The quantitative estimate of drug-likeness (QED) is 0.407. The number of carbonyl (C=O) groups excluding carboxylic acids is 2. The molecule has 0 amide bonds. The topological polar surface area (TPSA) is 43.4 Å². The predicted molar refractivity (Wildman–Crippen MR) is 75.2 cm³/mol. The number of ether oxygens (including phenoxy) is 1. The summed E-state index contributed by atoms with van der Waals surface area (Å²) in [6.07, 6.45) is 5.32. The second-order valence-electron chi connectivity index (χ2n) is 4.73. The molecule has 0 aliphatic heterocycles. The SMILES string of the molecule is CCCCCC(=O)CCc1ccc(OC(C)=O)cc1. The van der Waals surface area contributed by atoms with E-state index in [4.69, 9.17) is 4.74 Å². The van der Waals surface area contributed by atoms with Gasteiger partial charge < -0.3 is 4.74 Å². The van der Waals surface area contributed by atoms with Gasteiger partial charge in [-0.15, -0.1) is 0 Å². The number of rotatable bonds is 8. The first-order valence-electron chi connectivity index (χ1n) is 6.91. The number of hydrogen-bond acceptors (Lipinski definition) is 3. The molecule has 0 aromatic heterocycles. The van der Waals surface area contributed by atoms with Crippen molar-refractivity contribution in [1.29, 1.82) is 0 Å². The van der Waals surface area contributed by atoms with Crippen molar-refractivity contribution in [2.24, 2.45) is 0 Å². The van der Waals surface area contributed by atoms with Crippen LogP contribution in [0.3, 0.4) is 0 Å². The Balaban J connectivity index is 2.33. The van der Waals surface area contributed by atoms with Crippen molar-refractivity contribution < 1.29 is 14.3 Å². The van der Waals surface area contributed by atoms with Crippen molar-refractivity contribution in [2.75, 3.05) is 0 Å². The van der Waals surface area contributed by atoms with Gasteiger partial charge in [0.05, 0.1) is 0 Å². The lowest BCUT2D eigenvalue weighted by molar-refractivity contribution is -0.131. The molecule has 0 radical (unpaired) electrons. The monoisotopic (exact) mass is 262 g/mol. The second-order valence-corrected chi connectivity index (χ2v) is 4.73. The molecular formula is C16H22O3. The van der Waals surface area contributed by atoms with Crippen LogP contribution in [0.1, 0.15) is 51.5 Å². The van der Waals surface area contributed by atoms with E-state index in [2.05, 4.69) is 6.92 Å². The van der Waals surface area contributed by atoms with Crippen LogP contribution < -0.4 is 4.74 Å². The van der Waals surface area contributed by atoms with Crippen molar-refractivity contribution in [3.63, 3.8) is 0 Å². The van der Waals surface area contributed by atoms with Crippen molar-refractivity contribution in [3.8, 4) is 5.75 Å². The Bertz CT molecular complexity index is 407. The second kappa shape index (κ2) is 8.46. The summed E-state index contributed by atoms with van der Waals surface area (Å²) in [7, 11) is 0. The number of Topliss-reactive ketones (excluding diaryl/α,β-unsaturated/α-hetero) is 1. The molecule has 0 fully saturated rings. The molecule has 1 rings (SSSR count). The molecule has 0 N–H and O–H groups in total. The maximum absolute atomic E-state index is 11.6. The molecule has 0 heterocycles. The highest BCUT2D eigenvalue weighted by atomic mass is 16.5. The van der Waals surface area contributed by atoms with Gasteiger partial charge in [0.2, 0.25) is 0 Å². The van der Waals surface area contributed by atoms with E-state index < -0.39 is 0 Å². The van der Waals surface area contributed by atoms with E-state index in [9.17, 15) is 9.59 Å². The highest BCUT2D eigenvalue weighted by molar-refractivity contribution is 5.78. The number of unbranched alkanes of at least 4 members (excludes halogenated alkanes) is 2. The maximum atomic E-state index is 11.6. The van der Waals surface area contributed by atoms with Crippen LogP contribution in [0, 0.1) is 0 Å². The molecule has 1 aromatic rings. The van der Waals surface area contributed by atoms with Gasteiger partial charge >= 0.3 is 5.97 Å². The Morgan fingerprint density at radius 3 is 2.32 bits per heavy atom. The van der Waals surface area contributed by atoms with E-state index in [-0.39, 0.29) is 5.97 Å². The van der Waals surface area contributed by atoms with Crippen LogP contribution in [0.25, 0.3) is 0 Å². The lowest BCUT2D eigenvalue weighted by Crippen LogP contribution is -2.02. The third-order valence-corrected chi connectivity index (χ3v) is 2.94. The fraction of sp³-hybridized carbons (Fsp3) is 0.500. The lowest BCUT2D eigenvalue weighted by atomic mass is 10.0. The highest BCUT2D eigenvalue weighted by Gasteiger charge is 2.03. The smallest absolute Gasteiger partial charge is 0.308 e. The first-order chi connectivity index (χ1) is 9.11. The summed E-state index contributed by atoms with van der Waals surface area (Å²) in [4.78, 5) is 22.4. The molecule has 19 heavy (non-hydrogen) atoms. The molecule has 0 aliphatic carbocycles. The minimum atomic E-state index is -0.321. The molecule has 0 saturated heterocycles. The Kier molecular flexibility index (Phi) is 6.86. The van der Waals surface area contributed by atoms with E-state index in [1.54, 1.807) is 12.1 Å². The number of ketones is 1. The lowest BCUT2D eigenvalue weighted by Gasteiger charge is -2.04. The molecule has 0 aliphatic rings. The van der Waals surface area contributed by atoms with Crippen LogP contribution in [-0.4, -0.2) is 11.8 Å². The van der Waals surface area contributed by atoms with Crippen molar-refractivity contribution in [2.45, 2.75) is 52.4 Å². The van der Waals surface area contributed by atoms with Crippen molar-refractivity contribution in [3.05, 3.63) is 29.8 Å². The van der Waals surface area contributed by atoms with Gasteiger partial charge in [-0.05, 0) is 30.5 Å². The first kappa shape index (κ1) is 15.4. The molecule has 0 saturated carbocycles. The Labute approximate surface area is 115 Å². The Hall–Kier alpha value is -1.64. The Morgan fingerprint density at radius 2 is 1.74 bits per heavy atom. The number of carbonyl (C=O) groups is 2. The molecule has 3 heteroatoms. The standard InChI is InChI=1S/C16H22O3/c1-3-4-5-6-15(18)10-7-14-8-11-16(12-9-14)19-13(2)17/h8-9,11-12H,3-7,10H2,1-2H3. The number of benzene rings is 1. The van der Waals surface area contributed by atoms with Crippen LogP contribution in [0.15, 0.2) is 24.3 Å². The summed E-state index contributed by atoms with van der Waals surface area (Å²) in [5, 5.41) is 0. The largest absolute Gasteiger partial charge is 0.427 e. The summed E-state index contributed by atoms with van der Waals surface area (Å²) in [6.45, 7) is 3.51. The van der Waals surface area contributed by atoms with Crippen LogP contribution in [0.4, 0.5) is 0 Å². The fourth-order valence-corrected chi connectivity index (χ4v) is 1.87. The average molecular weight is 262 g/mol. The first-order valence-corrected chi connectivity index (χ1v) is 6.91. The van der Waals surface area contributed by atoms with Crippen LogP contribution in [0.5, 0.6) is 5.75 Å². The molecule has 104 valence electrons. The van der Waals surface area contributed by atoms with E-state index in [1.165, 1.54) is 6.92 Å². The molecule has 0 atom stereocenters. The van der Waals surface area contributed by atoms with Crippen molar-refractivity contribution in [1.82, 2.24) is 0 Å². The number of aryl methyl sites for hydroxylation is 1. The minimum Gasteiger partial charge on any atom is -0.427 e. The minimum absolute atomic E-state index is 0.321. The highest BCUT2D eigenvalue weighted by Crippen LogP contribution is 2.14. The van der Waals surface area contributed by atoms with Crippen LogP contribution in [0.2, 0.25) is 0 Å². The van der Waals surface area contributed by atoms with E-state index >= 15 is 0 Å². The van der Waals surface area contributed by atoms with Crippen LogP contribution in [-0.2, 0) is 16.0 Å². The maximum Gasteiger partial charge on any atom is 0.308 e. The normalized spacial score (nSPS) is 10.2. The zero-order valence-electron chi connectivity index (χ0n) is 11.8. The number of hydrogen-bond donors (Lipinski definition) is 0. The molecular weight excluding hydrogens is 240 g/mol. The van der Waals surface area contributed by atoms with Crippen LogP contribution >= 0.6 is 0 Å². The molecule has 0 unspecified atom stereocenters. The fourth-order valence-electron chi connectivity index (χ4n) is 1.87. The van der Waals surface area contributed by atoms with Crippen molar-refractivity contribution >= 4 is 11.8 Å². The summed E-state index contributed by atoms with van der Waals surface area (Å²) in [5.41, 5.74) is 1.10.